The van der Waals surface area contributed by atoms with Gasteiger partial charge in [0.25, 0.3) is 5.82 Å². The molecule has 0 amide bonds. The van der Waals surface area contributed by atoms with Crippen LogP contribution in [-0.2, 0) is 0 Å². The van der Waals surface area contributed by atoms with Crippen molar-refractivity contribution in [2.24, 2.45) is 0 Å². The van der Waals surface area contributed by atoms with E-state index in [2.05, 4.69) is 26.0 Å². The van der Waals surface area contributed by atoms with E-state index in [1.807, 2.05) is 19.1 Å². The molecule has 0 unspecified atom stereocenters. The van der Waals surface area contributed by atoms with Crippen LogP contribution in [0.3, 0.4) is 0 Å². The maximum Gasteiger partial charge on any atom is 0.296 e. The molecular formula is C18H17N5O. The molecule has 1 saturated heterocycles. The molecule has 1 aliphatic heterocycles. The summed E-state index contributed by atoms with van der Waals surface area (Å²) in [6, 6.07) is 11.1. The molecule has 0 radical (unpaired) electrons. The zero-order chi connectivity index (χ0) is 16.9. The van der Waals surface area contributed by atoms with Gasteiger partial charge in [0.05, 0.1) is 11.6 Å². The lowest BCUT2D eigenvalue weighted by Crippen LogP contribution is -2.39. The number of nitrogens with zero attached hydrogens (tertiary/aromatic N) is 5. The van der Waals surface area contributed by atoms with Crippen LogP contribution in [0.25, 0.3) is 4.85 Å². The first-order valence-corrected chi connectivity index (χ1v) is 7.83. The summed E-state index contributed by atoms with van der Waals surface area (Å²) >= 11 is 0. The molecule has 120 valence electrons. The van der Waals surface area contributed by atoms with Crippen molar-refractivity contribution >= 4 is 11.6 Å². The molecular weight excluding hydrogens is 302 g/mol. The monoisotopic (exact) mass is 319 g/mol. The number of benzene rings is 1. The Morgan fingerprint density at radius 3 is 2.75 bits per heavy atom. The fraction of sp³-hybridized carbons (Fsp3) is 0.333. The number of hydrogen-bond donors (Lipinski definition) is 0. The fourth-order valence-electron chi connectivity index (χ4n) is 2.85. The Labute approximate surface area is 141 Å². The third-order valence-electron chi connectivity index (χ3n) is 4.07. The minimum absolute atomic E-state index is 0.131. The van der Waals surface area contributed by atoms with Crippen molar-refractivity contribution in [3.05, 3.63) is 52.9 Å². The Bertz CT molecular complexity index is 813. The molecule has 0 atom stereocenters. The minimum atomic E-state index is 0.131. The van der Waals surface area contributed by atoms with Gasteiger partial charge in [0.15, 0.2) is 5.82 Å². The van der Waals surface area contributed by atoms with Crippen molar-refractivity contribution in [3.63, 3.8) is 0 Å². The molecule has 3 rings (SSSR count). The van der Waals surface area contributed by atoms with E-state index in [1.165, 1.54) is 0 Å². The van der Waals surface area contributed by atoms with E-state index in [0.29, 0.717) is 11.4 Å². The Hall–Kier alpha value is -3.12. The highest BCUT2D eigenvalue weighted by atomic mass is 16.5. The van der Waals surface area contributed by atoms with E-state index in [-0.39, 0.29) is 6.10 Å². The number of ether oxygens (including phenoxy) is 1. The first kappa shape index (κ1) is 15.8. The van der Waals surface area contributed by atoms with Gasteiger partial charge in [0, 0.05) is 25.9 Å². The highest BCUT2D eigenvalue weighted by molar-refractivity contribution is 5.51. The third kappa shape index (κ3) is 3.44. The van der Waals surface area contributed by atoms with Gasteiger partial charge in [0.2, 0.25) is 0 Å². The molecule has 0 bridgehead atoms. The number of piperidine rings is 1. The Morgan fingerprint density at radius 2 is 2.08 bits per heavy atom. The lowest BCUT2D eigenvalue weighted by Gasteiger charge is -2.33. The highest BCUT2D eigenvalue weighted by Gasteiger charge is 2.23. The minimum Gasteiger partial charge on any atom is -0.490 e. The summed E-state index contributed by atoms with van der Waals surface area (Å²) in [5.74, 6) is 1.91. The van der Waals surface area contributed by atoms with Crippen LogP contribution in [0.4, 0.5) is 11.6 Å². The second-order valence-electron chi connectivity index (χ2n) is 5.76. The first-order chi connectivity index (χ1) is 11.7. The number of aryl methyl sites for hydroxylation is 1. The molecule has 0 saturated carbocycles. The van der Waals surface area contributed by atoms with E-state index < -0.39 is 0 Å². The molecule has 1 fully saturated rings. The van der Waals surface area contributed by atoms with Crippen LogP contribution in [-0.4, -0.2) is 29.4 Å². The van der Waals surface area contributed by atoms with Gasteiger partial charge in [-0.15, -0.1) is 0 Å². The van der Waals surface area contributed by atoms with Crippen LogP contribution >= 0.6 is 0 Å². The Balaban J connectivity index is 1.62. The van der Waals surface area contributed by atoms with E-state index in [4.69, 9.17) is 16.6 Å². The average molecular weight is 319 g/mol. The van der Waals surface area contributed by atoms with Gasteiger partial charge < -0.3 is 14.5 Å². The maximum atomic E-state index is 8.95. The number of aromatic nitrogens is 2. The second-order valence-corrected chi connectivity index (χ2v) is 5.76. The van der Waals surface area contributed by atoms with Gasteiger partial charge in [0.1, 0.15) is 11.9 Å². The molecule has 0 spiro atoms. The van der Waals surface area contributed by atoms with Crippen LogP contribution in [0.2, 0.25) is 0 Å². The first-order valence-electron chi connectivity index (χ1n) is 7.83. The van der Waals surface area contributed by atoms with Crippen molar-refractivity contribution in [2.75, 3.05) is 18.0 Å². The highest BCUT2D eigenvalue weighted by Crippen LogP contribution is 2.25. The van der Waals surface area contributed by atoms with E-state index in [1.54, 1.807) is 18.2 Å². The Kier molecular flexibility index (Phi) is 4.58. The van der Waals surface area contributed by atoms with Crippen molar-refractivity contribution in [1.82, 2.24) is 10.2 Å². The van der Waals surface area contributed by atoms with Crippen molar-refractivity contribution in [2.45, 2.75) is 25.9 Å². The fourth-order valence-corrected chi connectivity index (χ4v) is 2.85. The van der Waals surface area contributed by atoms with Crippen molar-refractivity contribution in [3.8, 4) is 11.8 Å². The quantitative estimate of drug-likeness (QED) is 0.812. The van der Waals surface area contributed by atoms with Gasteiger partial charge in [-0.25, -0.2) is 0 Å². The number of hydrogen-bond acceptors (Lipinski definition) is 5. The maximum absolute atomic E-state index is 8.95. The average Bonchev–Trinajstić information content (AvgIpc) is 2.62. The largest absolute Gasteiger partial charge is 0.490 e. The topological polar surface area (TPSA) is 66.4 Å². The second kappa shape index (κ2) is 6.97. The van der Waals surface area contributed by atoms with Crippen molar-refractivity contribution in [1.29, 1.82) is 5.26 Å². The summed E-state index contributed by atoms with van der Waals surface area (Å²) in [4.78, 5) is 5.49. The number of nitriles is 1. The van der Waals surface area contributed by atoms with Gasteiger partial charge in [-0.3, -0.25) is 0 Å². The summed E-state index contributed by atoms with van der Waals surface area (Å²) in [5.41, 5.74) is 1.58. The molecule has 1 aromatic heterocycles. The van der Waals surface area contributed by atoms with Crippen LogP contribution in [0.1, 0.15) is 24.0 Å². The molecule has 1 aliphatic rings. The van der Waals surface area contributed by atoms with Gasteiger partial charge >= 0.3 is 0 Å². The van der Waals surface area contributed by atoms with Gasteiger partial charge in [-0.2, -0.15) is 5.26 Å². The molecule has 2 aromatic rings. The van der Waals surface area contributed by atoms with Gasteiger partial charge in [-0.05, 0) is 47.0 Å². The van der Waals surface area contributed by atoms with Crippen LogP contribution < -0.4 is 9.64 Å². The smallest absolute Gasteiger partial charge is 0.296 e. The summed E-state index contributed by atoms with van der Waals surface area (Å²) in [7, 11) is 0. The molecule has 0 aliphatic carbocycles. The predicted octanol–water partition coefficient (Wildman–Crippen LogP) is 3.26. The summed E-state index contributed by atoms with van der Waals surface area (Å²) < 4.78 is 6.00. The van der Waals surface area contributed by atoms with E-state index in [9.17, 15) is 0 Å². The molecule has 6 nitrogen and oxygen atoms in total. The van der Waals surface area contributed by atoms with Gasteiger partial charge in [-0.1, -0.05) is 12.6 Å². The van der Waals surface area contributed by atoms with Crippen LogP contribution in [0.15, 0.2) is 30.3 Å². The summed E-state index contributed by atoms with van der Waals surface area (Å²) in [5, 5.41) is 17.1. The van der Waals surface area contributed by atoms with E-state index >= 15 is 0 Å². The normalized spacial score (nSPS) is 14.7. The third-order valence-corrected chi connectivity index (χ3v) is 4.07. The standard InChI is InChI=1S/C18H17N5O/c1-13-10-17(20-2)21-22-18(13)23-8-6-15(7-9-23)24-16-5-3-4-14(11-16)12-19/h3-5,10-11,15H,6-9H2,1H3. The van der Waals surface area contributed by atoms with E-state index in [0.717, 1.165) is 43.1 Å². The Morgan fingerprint density at radius 1 is 1.29 bits per heavy atom. The van der Waals surface area contributed by atoms with Crippen LogP contribution in [0, 0.1) is 24.8 Å². The lowest BCUT2D eigenvalue weighted by atomic mass is 10.1. The number of anilines is 1. The molecule has 24 heavy (non-hydrogen) atoms. The number of rotatable bonds is 3. The molecule has 2 heterocycles. The summed E-state index contributed by atoms with van der Waals surface area (Å²) in [6.07, 6.45) is 1.89. The summed E-state index contributed by atoms with van der Waals surface area (Å²) in [6.45, 7) is 10.6. The molecule has 1 aromatic carbocycles. The zero-order valence-corrected chi connectivity index (χ0v) is 13.4. The molecule has 6 heteroatoms. The zero-order valence-electron chi connectivity index (χ0n) is 13.4. The SMILES string of the molecule is [C-]#[N+]c1cc(C)c(N2CCC(Oc3cccc(C#N)c3)CC2)nn1. The predicted molar refractivity (Wildman–Crippen MR) is 90.1 cm³/mol. The molecule has 0 N–H and O–H groups in total. The lowest BCUT2D eigenvalue weighted by molar-refractivity contribution is 0.170. The van der Waals surface area contributed by atoms with Crippen LogP contribution in [0.5, 0.6) is 5.75 Å². The van der Waals surface area contributed by atoms with Crippen molar-refractivity contribution < 1.29 is 4.74 Å².